The van der Waals surface area contributed by atoms with Gasteiger partial charge in [-0.25, -0.2) is 0 Å². The van der Waals surface area contributed by atoms with Crippen LogP contribution in [-0.4, -0.2) is 15.8 Å². The Morgan fingerprint density at radius 3 is 1.29 bits per heavy atom. The molecule has 118 heavy (non-hydrogen) atoms. The molecular formula is C112H85BN4S. The largest absolute Gasteiger partial charge is 0.310 e. The van der Waals surface area contributed by atoms with E-state index < -0.39 is 12.1 Å². The predicted molar refractivity (Wildman–Crippen MR) is 509 cm³/mol. The van der Waals surface area contributed by atoms with Crippen molar-refractivity contribution < 1.29 is 4.11 Å². The van der Waals surface area contributed by atoms with Gasteiger partial charge in [-0.1, -0.05) is 311 Å². The zero-order valence-electron chi connectivity index (χ0n) is 70.5. The fourth-order valence-corrected chi connectivity index (χ4v) is 21.1. The van der Waals surface area contributed by atoms with Gasteiger partial charge in [0.25, 0.3) is 6.71 Å². The van der Waals surface area contributed by atoms with E-state index in [1.165, 1.54) is 59.4 Å². The number of rotatable bonds is 9. The van der Waals surface area contributed by atoms with Crippen LogP contribution >= 0.6 is 11.3 Å². The Hall–Kier alpha value is -13.5. The smallest absolute Gasteiger partial charge is 0.264 e. The van der Waals surface area contributed by atoms with Crippen LogP contribution in [0.4, 0.5) is 34.1 Å². The number of nitrogens with zero attached hydrogens (tertiary/aromatic N) is 4. The molecule has 0 atom stereocenters. The van der Waals surface area contributed by atoms with E-state index in [4.69, 9.17) is 0 Å². The van der Waals surface area contributed by atoms with E-state index in [1.807, 2.05) is 0 Å². The van der Waals surface area contributed by atoms with Gasteiger partial charge in [-0.3, -0.25) is 0 Å². The predicted octanol–water partition coefficient (Wildman–Crippen LogP) is 29.5. The van der Waals surface area contributed by atoms with Crippen LogP contribution in [0.3, 0.4) is 0 Å². The van der Waals surface area contributed by atoms with Crippen LogP contribution in [0.15, 0.2) is 352 Å². The maximum Gasteiger partial charge on any atom is 0.264 e. The Balaban J connectivity index is 0.868. The minimum Gasteiger partial charge on any atom is -0.310 e. The minimum absolute atomic E-state index is 0.0186. The third kappa shape index (κ3) is 10.7. The summed E-state index contributed by atoms with van der Waals surface area (Å²) in [7, 11) is 0. The summed E-state index contributed by atoms with van der Waals surface area (Å²) in [5.41, 5.74) is 25.3. The summed E-state index contributed by atoms with van der Waals surface area (Å²) in [5.74, 6) is 0. The van der Waals surface area contributed by atoms with Crippen molar-refractivity contribution in [3.8, 4) is 67.0 Å². The topological polar surface area (TPSA) is 16.3 Å². The van der Waals surface area contributed by atoms with Crippen molar-refractivity contribution in [1.82, 2.24) is 9.13 Å². The second kappa shape index (κ2) is 26.0. The van der Waals surface area contributed by atoms with Crippen LogP contribution in [-0.2, 0) is 16.2 Å². The lowest BCUT2D eigenvalue weighted by Gasteiger charge is -2.46. The van der Waals surface area contributed by atoms with E-state index in [0.29, 0.717) is 16.8 Å². The molecule has 4 nitrogen and oxygen atoms in total. The summed E-state index contributed by atoms with van der Waals surface area (Å²) in [6.45, 7) is 20.2. The maximum absolute atomic E-state index is 12.1. The number of hydrogen-bond donors (Lipinski definition) is 0. The Labute approximate surface area is 697 Å². The van der Waals surface area contributed by atoms with Crippen LogP contribution in [0.5, 0.6) is 0 Å². The van der Waals surface area contributed by atoms with Crippen LogP contribution in [0, 0.1) is 0 Å². The van der Waals surface area contributed by atoms with Gasteiger partial charge in [0.05, 0.1) is 43.2 Å². The van der Waals surface area contributed by atoms with E-state index in [0.717, 1.165) is 154 Å². The molecule has 562 valence electrons. The molecule has 0 saturated heterocycles. The molecule has 0 saturated carbocycles. The highest BCUT2D eigenvalue weighted by Gasteiger charge is 2.48. The Morgan fingerprint density at radius 1 is 0.288 bits per heavy atom. The fraction of sp³-hybridized carbons (Fsp3) is 0.107. The molecule has 2 aliphatic rings. The maximum atomic E-state index is 12.1. The van der Waals surface area contributed by atoms with Crippen molar-refractivity contribution in [2.45, 2.75) is 78.6 Å². The summed E-state index contributed by atoms with van der Waals surface area (Å²) in [4.78, 5) is 5.09. The number of hydrogen-bond acceptors (Lipinski definition) is 3. The van der Waals surface area contributed by atoms with E-state index in [9.17, 15) is 4.11 Å². The molecule has 6 heteroatoms. The number of fused-ring (bicyclic) bond motifs is 14. The average molecular weight is 1530 g/mol. The summed E-state index contributed by atoms with van der Waals surface area (Å²) >= 11 is 1.79. The highest BCUT2D eigenvalue weighted by Crippen LogP contribution is 2.58. The zero-order chi connectivity index (χ0) is 82.0. The van der Waals surface area contributed by atoms with Gasteiger partial charge in [0.15, 0.2) is 0 Å². The highest BCUT2D eigenvalue weighted by atomic mass is 32.1. The quantitative estimate of drug-likeness (QED) is 0.0813. The van der Waals surface area contributed by atoms with Gasteiger partial charge >= 0.3 is 0 Å². The highest BCUT2D eigenvalue weighted by molar-refractivity contribution is 7.33. The monoisotopic (exact) mass is 1530 g/mol. The summed E-state index contributed by atoms with van der Waals surface area (Å²) in [5, 5.41) is 15.3. The molecule has 0 unspecified atom stereocenters. The van der Waals surface area contributed by atoms with Crippen molar-refractivity contribution in [1.29, 1.82) is 0 Å². The molecule has 0 radical (unpaired) electrons. The Kier molecular flexibility index (Phi) is 14.7. The SMILES string of the molecule is [2H]c1c([2H])c(-n2c3ccccc3c3cc(-c4ccc5ccc6c7ccccc7cc7ccc4c5c76)ccc32)c([2H])c2c1B1c3sc4cc(-n5c6ccccc6c6ccccc65)ccc4c3N(c3c(-c4ccccc4)cc(C(C)(C)C)cc3-c3ccccc3)c3cc(C(C)(C)C)cc(c31)N2c1c(-c2ccccc2)cc(C(C)(C)C)cc1-c1ccccc1. The molecule has 3 aromatic heterocycles. The summed E-state index contributed by atoms with van der Waals surface area (Å²) in [6.07, 6.45) is 0. The summed E-state index contributed by atoms with van der Waals surface area (Å²) in [6, 6.07) is 123. The lowest BCUT2D eigenvalue weighted by atomic mass is 9.36. The first kappa shape index (κ1) is 66.7. The van der Waals surface area contributed by atoms with Crippen molar-refractivity contribution in [3.05, 3.63) is 368 Å². The minimum atomic E-state index is -0.687. The van der Waals surface area contributed by atoms with Crippen molar-refractivity contribution in [2.75, 3.05) is 9.80 Å². The fourth-order valence-electron chi connectivity index (χ4n) is 19.7. The summed E-state index contributed by atoms with van der Waals surface area (Å²) < 4.78 is 41.9. The first-order valence-electron chi connectivity index (χ1n) is 42.9. The molecule has 0 spiro atoms. The Bertz CT molecular complexity index is 7760. The number of thiophene rings is 1. The van der Waals surface area contributed by atoms with Crippen LogP contribution in [0.1, 0.15) is 83.1 Å². The molecule has 0 aliphatic carbocycles. The zero-order valence-corrected chi connectivity index (χ0v) is 68.3. The molecule has 23 rings (SSSR count). The van der Waals surface area contributed by atoms with Gasteiger partial charge in [-0.15, -0.1) is 11.3 Å². The van der Waals surface area contributed by atoms with E-state index in [2.05, 4.69) is 415 Å². The van der Waals surface area contributed by atoms with E-state index in [1.54, 1.807) is 11.3 Å². The first-order chi connectivity index (χ1) is 58.7. The van der Waals surface area contributed by atoms with Crippen molar-refractivity contribution in [3.63, 3.8) is 0 Å². The van der Waals surface area contributed by atoms with Gasteiger partial charge in [-0.2, -0.15) is 0 Å². The molecule has 0 bridgehead atoms. The number of aromatic nitrogens is 2. The van der Waals surface area contributed by atoms with Crippen molar-refractivity contribution in [2.24, 2.45) is 0 Å². The second-order valence-electron chi connectivity index (χ2n) is 35.7. The number of para-hydroxylation sites is 3. The van der Waals surface area contributed by atoms with E-state index >= 15 is 0 Å². The Morgan fingerprint density at radius 2 is 0.729 bits per heavy atom. The van der Waals surface area contributed by atoms with Gasteiger partial charge in [0.1, 0.15) is 0 Å². The second-order valence-corrected chi connectivity index (χ2v) is 36.7. The molecule has 0 amide bonds. The normalized spacial score (nSPS) is 13.4. The third-order valence-electron chi connectivity index (χ3n) is 25.5. The molecule has 5 heterocycles. The lowest BCUT2D eigenvalue weighted by molar-refractivity contribution is 0.590. The van der Waals surface area contributed by atoms with Gasteiger partial charge in [0.2, 0.25) is 0 Å². The van der Waals surface area contributed by atoms with Crippen LogP contribution in [0.2, 0.25) is 0 Å². The molecule has 0 fully saturated rings. The standard InChI is InChI=1S/C112H85BN4S/c1-110(2,3)76-60-89(68-30-14-10-15-31-68)106(90(61-76)69-32-16-11-17-33-69)116-99-66-79(114-97-45-29-26-42-85(97)93-59-74(49-57-98(93)114)82-52-46-72-47-53-86-81-39-23-22-38-73(81)58-75-48-54-87(82)103(72)104(75)86)51-56-94(99)113-105-100(116)64-78(112(7,8)9)65-101(105)117(107-91(70-34-18-12-19-35-70)62-77(111(4,5)6)63-92(107)71-36-20-13-21-37-71)108-88-55-50-80(67-102(88)118-109(108)113)115-95-43-27-24-40-83(95)84-41-25-28-44-96(84)115/h10-67H,1-9H3/i51D,56D,66D. The molecule has 2 aliphatic heterocycles. The lowest BCUT2D eigenvalue weighted by Crippen LogP contribution is -2.60. The molecule has 0 N–H and O–H groups in total. The average Bonchev–Trinajstić information content (AvgIpc) is 1.67. The first-order valence-corrected chi connectivity index (χ1v) is 42.2. The van der Waals surface area contributed by atoms with Crippen molar-refractivity contribution >= 4 is 165 Å². The van der Waals surface area contributed by atoms with E-state index in [-0.39, 0.29) is 29.0 Å². The van der Waals surface area contributed by atoms with Crippen LogP contribution < -0.4 is 25.5 Å². The third-order valence-corrected chi connectivity index (χ3v) is 26.7. The van der Waals surface area contributed by atoms with Gasteiger partial charge < -0.3 is 18.9 Å². The molecular weight excluding hydrogens is 1440 g/mol. The molecule has 21 aromatic rings. The number of benzene rings is 18. The van der Waals surface area contributed by atoms with Crippen LogP contribution in [0.25, 0.3) is 164 Å². The van der Waals surface area contributed by atoms with Gasteiger partial charge in [-0.05, 0) is 223 Å². The van der Waals surface area contributed by atoms with Gasteiger partial charge in [0, 0.05) is 87.1 Å². The number of anilines is 6. The molecule has 18 aromatic carbocycles.